The van der Waals surface area contributed by atoms with E-state index in [2.05, 4.69) is 40.1 Å². The number of ether oxygens (including phenoxy) is 1. The van der Waals surface area contributed by atoms with E-state index in [4.69, 9.17) is 4.74 Å². The molecule has 0 radical (unpaired) electrons. The van der Waals surface area contributed by atoms with E-state index >= 15 is 0 Å². The van der Waals surface area contributed by atoms with Gasteiger partial charge in [0.2, 0.25) is 5.88 Å². The molecule has 1 aromatic heterocycles. The lowest BCUT2D eigenvalue weighted by Gasteiger charge is -2.12. The average molecular weight is 321 g/mol. The van der Waals surface area contributed by atoms with Gasteiger partial charge in [0.1, 0.15) is 5.75 Å². The van der Waals surface area contributed by atoms with Crippen molar-refractivity contribution in [2.45, 2.75) is 19.9 Å². The number of hydrogen-bond donors (Lipinski definition) is 1. The van der Waals surface area contributed by atoms with E-state index in [1.807, 2.05) is 42.6 Å². The molecule has 0 aliphatic carbocycles. The normalized spacial score (nSPS) is 12.2. The van der Waals surface area contributed by atoms with Crippen LogP contribution in [0.25, 0.3) is 0 Å². The molecule has 0 spiro atoms. The molecule has 3 nitrogen and oxygen atoms in total. The Morgan fingerprint density at radius 2 is 2.16 bits per heavy atom. The minimum atomic E-state index is 0.303. The maximum Gasteiger partial charge on any atom is 0.219 e. The first-order chi connectivity index (χ1) is 9.19. The van der Waals surface area contributed by atoms with Crippen molar-refractivity contribution >= 4 is 15.9 Å². The zero-order chi connectivity index (χ0) is 13.7. The zero-order valence-corrected chi connectivity index (χ0v) is 12.6. The molecule has 2 aromatic rings. The fourth-order valence-electron chi connectivity index (χ4n) is 1.78. The van der Waals surface area contributed by atoms with Gasteiger partial charge in [-0.15, -0.1) is 0 Å². The van der Waals surface area contributed by atoms with E-state index in [-0.39, 0.29) is 0 Å². The zero-order valence-electron chi connectivity index (χ0n) is 11.1. The Morgan fingerprint density at radius 3 is 2.79 bits per heavy atom. The Hall–Kier alpha value is -1.39. The van der Waals surface area contributed by atoms with Crippen LogP contribution in [-0.2, 0) is 0 Å². The van der Waals surface area contributed by atoms with Gasteiger partial charge in [0.25, 0.3) is 0 Å². The average Bonchev–Trinajstić information content (AvgIpc) is 2.40. The number of pyridine rings is 1. The summed E-state index contributed by atoms with van der Waals surface area (Å²) in [5, 5.41) is 3.35. The second-order valence-electron chi connectivity index (χ2n) is 4.27. The molecular weight excluding hydrogens is 304 g/mol. The first-order valence-electron chi connectivity index (χ1n) is 6.32. The van der Waals surface area contributed by atoms with E-state index in [0.717, 1.165) is 22.3 Å². The molecular formula is C15H17BrN2O. The van der Waals surface area contributed by atoms with Crippen molar-refractivity contribution in [3.8, 4) is 11.6 Å². The molecule has 1 heterocycles. The van der Waals surface area contributed by atoms with Crippen molar-refractivity contribution in [2.75, 3.05) is 6.54 Å². The number of nitrogens with one attached hydrogen (secondary N) is 1. The highest BCUT2D eigenvalue weighted by molar-refractivity contribution is 9.10. The highest BCUT2D eigenvalue weighted by Crippen LogP contribution is 2.23. The molecule has 0 bridgehead atoms. The van der Waals surface area contributed by atoms with Crippen molar-refractivity contribution < 1.29 is 4.74 Å². The largest absolute Gasteiger partial charge is 0.439 e. The van der Waals surface area contributed by atoms with Crippen molar-refractivity contribution in [2.24, 2.45) is 0 Å². The number of hydrogen-bond acceptors (Lipinski definition) is 3. The van der Waals surface area contributed by atoms with Crippen molar-refractivity contribution in [1.29, 1.82) is 0 Å². The summed E-state index contributed by atoms with van der Waals surface area (Å²) in [5.41, 5.74) is 1.16. The summed E-state index contributed by atoms with van der Waals surface area (Å²) in [6.07, 6.45) is 1.85. The van der Waals surface area contributed by atoms with Crippen LogP contribution in [0, 0.1) is 0 Å². The molecule has 0 aliphatic rings. The predicted molar refractivity (Wildman–Crippen MR) is 80.5 cm³/mol. The number of benzene rings is 1. The van der Waals surface area contributed by atoms with Gasteiger partial charge in [-0.3, -0.25) is 0 Å². The van der Waals surface area contributed by atoms with Gasteiger partial charge in [0.15, 0.2) is 0 Å². The Morgan fingerprint density at radius 1 is 1.32 bits per heavy atom. The fraction of sp³-hybridized carbons (Fsp3) is 0.267. The van der Waals surface area contributed by atoms with E-state index in [9.17, 15) is 0 Å². The third kappa shape index (κ3) is 4.04. The van der Waals surface area contributed by atoms with E-state index in [1.54, 1.807) is 0 Å². The molecule has 1 N–H and O–H groups in total. The molecule has 2 rings (SSSR count). The van der Waals surface area contributed by atoms with Gasteiger partial charge in [-0.25, -0.2) is 4.98 Å². The van der Waals surface area contributed by atoms with E-state index in [1.165, 1.54) is 0 Å². The molecule has 0 saturated heterocycles. The van der Waals surface area contributed by atoms with Crippen molar-refractivity contribution in [1.82, 2.24) is 10.3 Å². The summed E-state index contributed by atoms with van der Waals surface area (Å²) >= 11 is 3.41. The Labute approximate surface area is 122 Å². The minimum Gasteiger partial charge on any atom is -0.439 e. The van der Waals surface area contributed by atoms with Gasteiger partial charge in [-0.1, -0.05) is 35.0 Å². The van der Waals surface area contributed by atoms with Gasteiger partial charge in [-0.05, 0) is 37.2 Å². The van der Waals surface area contributed by atoms with Crippen LogP contribution in [0.3, 0.4) is 0 Å². The SMILES string of the molecule is CCNC(C)c1ccc(Oc2cccc(Br)c2)nc1. The van der Waals surface area contributed by atoms with Crippen molar-refractivity contribution in [3.63, 3.8) is 0 Å². The lowest BCUT2D eigenvalue weighted by atomic mass is 10.1. The highest BCUT2D eigenvalue weighted by Gasteiger charge is 2.05. The lowest BCUT2D eigenvalue weighted by Crippen LogP contribution is -2.17. The monoisotopic (exact) mass is 320 g/mol. The Kier molecular flexibility index (Phi) is 4.93. The molecule has 4 heteroatoms. The Bertz CT molecular complexity index is 528. The number of aromatic nitrogens is 1. The molecule has 0 fully saturated rings. The molecule has 19 heavy (non-hydrogen) atoms. The Balaban J connectivity index is 2.06. The molecule has 0 saturated carbocycles. The summed E-state index contributed by atoms with van der Waals surface area (Å²) in [5.74, 6) is 1.37. The standard InChI is InChI=1S/C15H17BrN2O/c1-3-17-11(2)12-7-8-15(18-10-12)19-14-6-4-5-13(16)9-14/h4-11,17H,3H2,1-2H3. The number of halogens is 1. The van der Waals surface area contributed by atoms with Crippen LogP contribution in [0.4, 0.5) is 0 Å². The van der Waals surface area contributed by atoms with Crippen LogP contribution in [0.15, 0.2) is 47.1 Å². The maximum absolute atomic E-state index is 5.69. The molecule has 1 unspecified atom stereocenters. The van der Waals surface area contributed by atoms with Crippen LogP contribution < -0.4 is 10.1 Å². The summed E-state index contributed by atoms with van der Waals surface area (Å²) in [6.45, 7) is 5.15. The second-order valence-corrected chi connectivity index (χ2v) is 5.18. The van der Waals surface area contributed by atoms with Gasteiger partial charge in [0, 0.05) is 22.8 Å². The molecule has 0 amide bonds. The summed E-state index contributed by atoms with van der Waals surface area (Å²) < 4.78 is 6.68. The summed E-state index contributed by atoms with van der Waals surface area (Å²) in [4.78, 5) is 4.33. The summed E-state index contributed by atoms with van der Waals surface area (Å²) in [7, 11) is 0. The maximum atomic E-state index is 5.69. The van der Waals surface area contributed by atoms with Crippen LogP contribution in [0.5, 0.6) is 11.6 Å². The van der Waals surface area contributed by atoms with Gasteiger partial charge in [0.05, 0.1) is 0 Å². The van der Waals surface area contributed by atoms with E-state index < -0.39 is 0 Å². The predicted octanol–water partition coefficient (Wildman–Crippen LogP) is 4.31. The van der Waals surface area contributed by atoms with Crippen LogP contribution >= 0.6 is 15.9 Å². The molecule has 1 aromatic carbocycles. The molecule has 0 aliphatic heterocycles. The fourth-order valence-corrected chi connectivity index (χ4v) is 2.16. The topological polar surface area (TPSA) is 34.1 Å². The highest BCUT2D eigenvalue weighted by atomic mass is 79.9. The van der Waals surface area contributed by atoms with Crippen LogP contribution in [0.2, 0.25) is 0 Å². The first kappa shape index (κ1) is 14.0. The van der Waals surface area contributed by atoms with Crippen LogP contribution in [-0.4, -0.2) is 11.5 Å². The van der Waals surface area contributed by atoms with Gasteiger partial charge in [-0.2, -0.15) is 0 Å². The number of nitrogens with zero attached hydrogens (tertiary/aromatic N) is 1. The van der Waals surface area contributed by atoms with Gasteiger partial charge >= 0.3 is 0 Å². The molecule has 100 valence electrons. The third-order valence-corrected chi connectivity index (χ3v) is 3.28. The lowest BCUT2D eigenvalue weighted by molar-refractivity contribution is 0.461. The second kappa shape index (κ2) is 6.68. The summed E-state index contributed by atoms with van der Waals surface area (Å²) in [6, 6.07) is 11.9. The van der Waals surface area contributed by atoms with Gasteiger partial charge < -0.3 is 10.1 Å². The smallest absolute Gasteiger partial charge is 0.219 e. The minimum absolute atomic E-state index is 0.303. The van der Waals surface area contributed by atoms with E-state index in [0.29, 0.717) is 11.9 Å². The first-order valence-corrected chi connectivity index (χ1v) is 7.11. The third-order valence-electron chi connectivity index (χ3n) is 2.79. The quantitative estimate of drug-likeness (QED) is 0.891. The van der Waals surface area contributed by atoms with Crippen molar-refractivity contribution in [3.05, 3.63) is 52.6 Å². The number of rotatable bonds is 5. The molecule has 1 atom stereocenters. The van der Waals surface area contributed by atoms with Crippen LogP contribution in [0.1, 0.15) is 25.5 Å².